The van der Waals surface area contributed by atoms with Crippen LogP contribution < -0.4 is 15.0 Å². The lowest BCUT2D eigenvalue weighted by Gasteiger charge is -2.17. The van der Waals surface area contributed by atoms with Gasteiger partial charge in [-0.2, -0.15) is 15.0 Å². The van der Waals surface area contributed by atoms with Gasteiger partial charge >= 0.3 is 6.01 Å². The molecule has 0 saturated heterocycles. The monoisotopic (exact) mass is 289 g/mol. The molecule has 9 heteroatoms. The van der Waals surface area contributed by atoms with Gasteiger partial charge in [0, 0.05) is 26.4 Å². The smallest absolute Gasteiger partial charge is 0.322 e. The van der Waals surface area contributed by atoms with Crippen LogP contribution in [0.3, 0.4) is 0 Å². The lowest BCUT2D eigenvalue weighted by atomic mass is 10.6. The van der Waals surface area contributed by atoms with Crippen molar-refractivity contribution < 1.29 is 13.2 Å². The summed E-state index contributed by atoms with van der Waals surface area (Å²) in [5.74, 6) is 0.801. The van der Waals surface area contributed by atoms with Gasteiger partial charge in [-0.15, -0.1) is 0 Å². The van der Waals surface area contributed by atoms with Crippen molar-refractivity contribution in [3.05, 3.63) is 0 Å². The summed E-state index contributed by atoms with van der Waals surface area (Å²) < 4.78 is 27.3. The summed E-state index contributed by atoms with van der Waals surface area (Å²) in [5.41, 5.74) is 0. The molecule has 0 amide bonds. The van der Waals surface area contributed by atoms with Gasteiger partial charge in [0.1, 0.15) is 9.84 Å². The molecule has 108 valence electrons. The zero-order valence-electron chi connectivity index (χ0n) is 11.5. The second-order valence-corrected chi connectivity index (χ2v) is 6.29. The minimum absolute atomic E-state index is 0.0358. The number of hydrogen-bond donors (Lipinski definition) is 1. The predicted molar refractivity (Wildman–Crippen MR) is 73.5 cm³/mol. The maximum absolute atomic E-state index is 11.1. The third-order valence-electron chi connectivity index (χ3n) is 2.26. The van der Waals surface area contributed by atoms with Crippen LogP contribution in [0.15, 0.2) is 0 Å². The molecule has 0 bridgehead atoms. The third-order valence-corrected chi connectivity index (χ3v) is 3.18. The maximum Gasteiger partial charge on any atom is 0.322 e. The largest absolute Gasteiger partial charge is 0.467 e. The number of aromatic nitrogens is 3. The number of sulfone groups is 1. The Balaban J connectivity index is 2.88. The highest BCUT2D eigenvalue weighted by Gasteiger charge is 2.12. The normalized spacial score (nSPS) is 11.2. The van der Waals surface area contributed by atoms with E-state index in [2.05, 4.69) is 20.3 Å². The van der Waals surface area contributed by atoms with Crippen LogP contribution in [-0.2, 0) is 9.84 Å². The number of rotatable bonds is 7. The van der Waals surface area contributed by atoms with Crippen molar-refractivity contribution >= 4 is 21.7 Å². The number of nitrogens with zero attached hydrogens (tertiary/aromatic N) is 4. The Labute approximate surface area is 113 Å². The molecule has 0 fully saturated rings. The molecule has 1 aromatic heterocycles. The standard InChI is InChI=1S/C10H19N5O3S/c1-5-11-8-12-9(14-10(13-8)18-3)15(2)6-7-19(4,16)17/h5-7H2,1-4H3,(H,11,12,13,14). The van der Waals surface area contributed by atoms with Crippen LogP contribution in [0.25, 0.3) is 0 Å². The van der Waals surface area contributed by atoms with E-state index in [1.165, 1.54) is 13.4 Å². The van der Waals surface area contributed by atoms with E-state index in [1.54, 1.807) is 11.9 Å². The fraction of sp³-hybridized carbons (Fsp3) is 0.700. The average molecular weight is 289 g/mol. The van der Waals surface area contributed by atoms with Crippen molar-refractivity contribution in [2.45, 2.75) is 6.92 Å². The zero-order chi connectivity index (χ0) is 14.5. The average Bonchev–Trinajstić information content (AvgIpc) is 2.35. The first kappa shape index (κ1) is 15.4. The molecule has 1 rings (SSSR count). The molecule has 0 aliphatic rings. The maximum atomic E-state index is 11.1. The highest BCUT2D eigenvalue weighted by Crippen LogP contribution is 2.13. The lowest BCUT2D eigenvalue weighted by molar-refractivity contribution is 0.379. The summed E-state index contributed by atoms with van der Waals surface area (Å²) in [7, 11) is 0.159. The van der Waals surface area contributed by atoms with Crippen LogP contribution in [0, 0.1) is 0 Å². The first-order chi connectivity index (χ1) is 8.85. The van der Waals surface area contributed by atoms with Crippen molar-refractivity contribution in [3.63, 3.8) is 0 Å². The Morgan fingerprint density at radius 3 is 2.53 bits per heavy atom. The summed E-state index contributed by atoms with van der Waals surface area (Å²) in [5, 5.41) is 2.96. The lowest BCUT2D eigenvalue weighted by Crippen LogP contribution is -2.27. The summed E-state index contributed by atoms with van der Waals surface area (Å²) in [6.45, 7) is 2.89. The fourth-order valence-corrected chi connectivity index (χ4v) is 1.85. The zero-order valence-corrected chi connectivity index (χ0v) is 12.4. The highest BCUT2D eigenvalue weighted by atomic mass is 32.2. The van der Waals surface area contributed by atoms with Gasteiger partial charge in [-0.1, -0.05) is 0 Å². The molecular formula is C10H19N5O3S. The van der Waals surface area contributed by atoms with E-state index in [9.17, 15) is 8.42 Å². The molecule has 0 atom stereocenters. The first-order valence-electron chi connectivity index (χ1n) is 5.78. The molecule has 0 aliphatic heterocycles. The molecule has 1 heterocycles. The number of anilines is 2. The number of nitrogens with one attached hydrogen (secondary N) is 1. The van der Waals surface area contributed by atoms with Gasteiger partial charge in [-0.25, -0.2) is 8.42 Å². The molecule has 0 saturated carbocycles. The van der Waals surface area contributed by atoms with E-state index in [-0.39, 0.29) is 11.8 Å². The molecule has 1 aromatic rings. The van der Waals surface area contributed by atoms with Crippen LogP contribution in [0.5, 0.6) is 6.01 Å². The Bertz CT molecular complexity index is 520. The summed E-state index contributed by atoms with van der Waals surface area (Å²) in [4.78, 5) is 13.9. The molecule has 0 radical (unpaired) electrons. The van der Waals surface area contributed by atoms with Crippen molar-refractivity contribution in [2.75, 3.05) is 49.5 Å². The molecular weight excluding hydrogens is 270 g/mol. The van der Waals surface area contributed by atoms with Crippen LogP contribution in [0.4, 0.5) is 11.9 Å². The Hall–Kier alpha value is -1.64. The Morgan fingerprint density at radius 2 is 2.00 bits per heavy atom. The van der Waals surface area contributed by atoms with Gasteiger partial charge in [0.2, 0.25) is 11.9 Å². The van der Waals surface area contributed by atoms with Gasteiger partial charge in [0.15, 0.2) is 0 Å². The molecule has 0 unspecified atom stereocenters. The summed E-state index contributed by atoms with van der Waals surface area (Å²) >= 11 is 0. The van der Waals surface area contributed by atoms with E-state index in [0.717, 1.165) is 0 Å². The van der Waals surface area contributed by atoms with E-state index in [1.807, 2.05) is 6.92 Å². The van der Waals surface area contributed by atoms with Crippen molar-refractivity contribution in [2.24, 2.45) is 0 Å². The molecule has 0 spiro atoms. The van der Waals surface area contributed by atoms with E-state index >= 15 is 0 Å². The number of methoxy groups -OCH3 is 1. The summed E-state index contributed by atoms with van der Waals surface area (Å²) in [6, 6.07) is 0.187. The van der Waals surface area contributed by atoms with Crippen LogP contribution >= 0.6 is 0 Å². The van der Waals surface area contributed by atoms with Gasteiger partial charge < -0.3 is 15.0 Å². The Kier molecular flexibility index (Phi) is 5.28. The van der Waals surface area contributed by atoms with E-state index in [0.29, 0.717) is 25.0 Å². The number of hydrogen-bond acceptors (Lipinski definition) is 8. The van der Waals surface area contributed by atoms with Crippen LogP contribution in [0.2, 0.25) is 0 Å². The van der Waals surface area contributed by atoms with Crippen molar-refractivity contribution in [1.29, 1.82) is 0 Å². The van der Waals surface area contributed by atoms with Crippen molar-refractivity contribution in [1.82, 2.24) is 15.0 Å². The molecule has 19 heavy (non-hydrogen) atoms. The number of ether oxygens (including phenoxy) is 1. The van der Waals surface area contributed by atoms with Gasteiger partial charge in [-0.05, 0) is 6.92 Å². The van der Waals surface area contributed by atoms with Gasteiger partial charge in [0.05, 0.1) is 12.9 Å². The van der Waals surface area contributed by atoms with E-state index < -0.39 is 9.84 Å². The minimum atomic E-state index is -3.02. The predicted octanol–water partition coefficient (Wildman–Crippen LogP) is -0.207. The molecule has 8 nitrogen and oxygen atoms in total. The second-order valence-electron chi connectivity index (χ2n) is 4.03. The quantitative estimate of drug-likeness (QED) is 0.736. The molecule has 0 aromatic carbocycles. The second kappa shape index (κ2) is 6.50. The highest BCUT2D eigenvalue weighted by molar-refractivity contribution is 7.90. The summed E-state index contributed by atoms with van der Waals surface area (Å²) in [6.07, 6.45) is 1.19. The molecule has 0 aliphatic carbocycles. The Morgan fingerprint density at radius 1 is 1.32 bits per heavy atom. The fourth-order valence-electron chi connectivity index (χ4n) is 1.25. The SMILES string of the molecule is CCNc1nc(OC)nc(N(C)CCS(C)(=O)=O)n1. The van der Waals surface area contributed by atoms with Crippen LogP contribution in [0.1, 0.15) is 6.92 Å². The first-order valence-corrected chi connectivity index (χ1v) is 7.84. The van der Waals surface area contributed by atoms with E-state index in [4.69, 9.17) is 4.74 Å². The third kappa shape index (κ3) is 5.25. The van der Waals surface area contributed by atoms with Crippen molar-refractivity contribution in [3.8, 4) is 6.01 Å². The van der Waals surface area contributed by atoms with Crippen LogP contribution in [-0.4, -0.2) is 62.6 Å². The molecule has 1 N–H and O–H groups in total. The van der Waals surface area contributed by atoms with Gasteiger partial charge in [0.25, 0.3) is 0 Å². The van der Waals surface area contributed by atoms with Gasteiger partial charge in [-0.3, -0.25) is 0 Å². The minimum Gasteiger partial charge on any atom is -0.467 e. The topological polar surface area (TPSA) is 97.3 Å².